The van der Waals surface area contributed by atoms with Crippen LogP contribution in [0.1, 0.15) is 5.56 Å². The fourth-order valence-corrected chi connectivity index (χ4v) is 2.85. The van der Waals surface area contributed by atoms with Crippen molar-refractivity contribution in [1.82, 2.24) is 9.55 Å². The van der Waals surface area contributed by atoms with Crippen LogP contribution in [0.15, 0.2) is 54.9 Å². The molecule has 6 heteroatoms. The van der Waals surface area contributed by atoms with Crippen molar-refractivity contribution >= 4 is 0 Å². The molecule has 0 saturated carbocycles. The molecular formula is C18H13F3N2O. The van der Waals surface area contributed by atoms with Gasteiger partial charge in [-0.1, -0.05) is 18.2 Å². The van der Waals surface area contributed by atoms with Gasteiger partial charge >= 0.3 is 6.18 Å². The Bertz CT molecular complexity index is 882. The van der Waals surface area contributed by atoms with Crippen molar-refractivity contribution < 1.29 is 17.9 Å². The Kier molecular flexibility index (Phi) is 3.33. The monoisotopic (exact) mass is 330 g/mol. The molecule has 0 unspecified atom stereocenters. The molecule has 0 N–H and O–H groups in total. The standard InChI is InChI=1S/C18H13F3N2O/c19-18(20,21)14-4-1-12(2-5-14)13-3-6-16-15(11-13)17-22-7-8-23(17)9-10-24-16/h1-8,11H,9-10H2. The molecule has 0 radical (unpaired) electrons. The average Bonchev–Trinajstić information content (AvgIpc) is 2.96. The van der Waals surface area contributed by atoms with Crippen molar-refractivity contribution in [3.8, 4) is 28.3 Å². The van der Waals surface area contributed by atoms with Crippen LogP contribution in [0, 0.1) is 0 Å². The van der Waals surface area contributed by atoms with Gasteiger partial charge in [-0.15, -0.1) is 0 Å². The maximum atomic E-state index is 12.7. The third-order valence-corrected chi connectivity index (χ3v) is 4.07. The molecule has 0 saturated heterocycles. The molecule has 3 nitrogen and oxygen atoms in total. The summed E-state index contributed by atoms with van der Waals surface area (Å²) in [5.41, 5.74) is 1.73. The molecule has 2 aromatic carbocycles. The SMILES string of the molecule is FC(F)(F)c1ccc(-c2ccc3c(c2)-c2nccn2CCO3)cc1. The van der Waals surface area contributed by atoms with Gasteiger partial charge in [0.2, 0.25) is 0 Å². The number of rotatable bonds is 1. The first-order chi connectivity index (χ1) is 11.5. The van der Waals surface area contributed by atoms with E-state index in [4.69, 9.17) is 4.74 Å². The third-order valence-electron chi connectivity index (χ3n) is 4.07. The number of ether oxygens (including phenoxy) is 1. The van der Waals surface area contributed by atoms with Gasteiger partial charge in [0.25, 0.3) is 0 Å². The molecule has 1 aromatic heterocycles. The van der Waals surface area contributed by atoms with E-state index in [1.54, 1.807) is 6.20 Å². The smallest absolute Gasteiger partial charge is 0.416 e. The van der Waals surface area contributed by atoms with Crippen LogP contribution >= 0.6 is 0 Å². The largest absolute Gasteiger partial charge is 0.491 e. The van der Waals surface area contributed by atoms with Crippen LogP contribution < -0.4 is 4.74 Å². The van der Waals surface area contributed by atoms with Gasteiger partial charge in [0, 0.05) is 12.4 Å². The summed E-state index contributed by atoms with van der Waals surface area (Å²) in [6.07, 6.45) is -0.710. The molecule has 0 atom stereocenters. The van der Waals surface area contributed by atoms with Crippen molar-refractivity contribution in [3.63, 3.8) is 0 Å². The summed E-state index contributed by atoms with van der Waals surface area (Å²) in [5, 5.41) is 0. The molecular weight excluding hydrogens is 317 g/mol. The van der Waals surface area contributed by atoms with E-state index in [2.05, 4.69) is 4.98 Å². The minimum Gasteiger partial charge on any atom is -0.491 e. The summed E-state index contributed by atoms with van der Waals surface area (Å²) >= 11 is 0. The van der Waals surface area contributed by atoms with Gasteiger partial charge in [-0.05, 0) is 35.4 Å². The van der Waals surface area contributed by atoms with Crippen LogP contribution in [0.3, 0.4) is 0 Å². The van der Waals surface area contributed by atoms with Gasteiger partial charge in [0.15, 0.2) is 0 Å². The Balaban J connectivity index is 1.77. The highest BCUT2D eigenvalue weighted by molar-refractivity contribution is 5.75. The van der Waals surface area contributed by atoms with Gasteiger partial charge < -0.3 is 9.30 Å². The second-order valence-corrected chi connectivity index (χ2v) is 5.58. The number of benzene rings is 2. The minimum absolute atomic E-state index is 0.552. The molecule has 2 heterocycles. The van der Waals surface area contributed by atoms with E-state index in [1.165, 1.54) is 12.1 Å². The molecule has 4 rings (SSSR count). The number of fused-ring (bicyclic) bond motifs is 3. The zero-order valence-corrected chi connectivity index (χ0v) is 12.5. The quantitative estimate of drug-likeness (QED) is 0.650. The number of aromatic nitrogens is 2. The first-order valence-corrected chi connectivity index (χ1v) is 7.48. The van der Waals surface area contributed by atoms with Crippen molar-refractivity contribution in [2.75, 3.05) is 6.61 Å². The van der Waals surface area contributed by atoms with Gasteiger partial charge in [0.05, 0.1) is 17.7 Å². The van der Waals surface area contributed by atoms with E-state index in [0.717, 1.165) is 34.8 Å². The van der Waals surface area contributed by atoms with E-state index in [0.29, 0.717) is 18.7 Å². The predicted octanol–water partition coefficient (Wildman–Crippen LogP) is 4.63. The first kappa shape index (κ1) is 14.8. The summed E-state index contributed by atoms with van der Waals surface area (Å²) in [5.74, 6) is 1.53. The summed E-state index contributed by atoms with van der Waals surface area (Å²) in [7, 11) is 0. The Morgan fingerprint density at radius 3 is 2.50 bits per heavy atom. The third kappa shape index (κ3) is 2.54. The average molecular weight is 330 g/mol. The number of halogens is 3. The van der Waals surface area contributed by atoms with Crippen LogP contribution in [0.4, 0.5) is 13.2 Å². The summed E-state index contributed by atoms with van der Waals surface area (Å²) in [4.78, 5) is 4.37. The van der Waals surface area contributed by atoms with Gasteiger partial charge in [0.1, 0.15) is 18.2 Å². The molecule has 24 heavy (non-hydrogen) atoms. The Labute approximate surface area is 136 Å². The predicted molar refractivity (Wildman–Crippen MR) is 83.6 cm³/mol. The van der Waals surface area contributed by atoms with Gasteiger partial charge in [-0.25, -0.2) is 4.98 Å². The normalized spacial score (nSPS) is 13.6. The Hall–Kier alpha value is -2.76. The molecule has 1 aliphatic heterocycles. The number of alkyl halides is 3. The maximum absolute atomic E-state index is 12.7. The molecule has 0 bridgehead atoms. The van der Waals surface area contributed by atoms with Crippen LogP contribution in [-0.2, 0) is 12.7 Å². The van der Waals surface area contributed by atoms with Crippen LogP contribution in [0.25, 0.3) is 22.5 Å². The molecule has 1 aliphatic rings. The van der Waals surface area contributed by atoms with E-state index in [9.17, 15) is 13.2 Å². The molecule has 0 aliphatic carbocycles. The van der Waals surface area contributed by atoms with E-state index < -0.39 is 11.7 Å². The lowest BCUT2D eigenvalue weighted by atomic mass is 10.0. The second-order valence-electron chi connectivity index (χ2n) is 5.58. The molecule has 122 valence electrons. The molecule has 0 fully saturated rings. The molecule has 0 spiro atoms. The zero-order valence-electron chi connectivity index (χ0n) is 12.5. The van der Waals surface area contributed by atoms with Crippen molar-refractivity contribution in [2.24, 2.45) is 0 Å². The van der Waals surface area contributed by atoms with Crippen molar-refractivity contribution in [1.29, 1.82) is 0 Å². The highest BCUT2D eigenvalue weighted by Crippen LogP contribution is 2.36. The van der Waals surface area contributed by atoms with Crippen LogP contribution in [0.2, 0.25) is 0 Å². The lowest BCUT2D eigenvalue weighted by molar-refractivity contribution is -0.137. The second kappa shape index (κ2) is 5.40. The first-order valence-electron chi connectivity index (χ1n) is 7.48. The highest BCUT2D eigenvalue weighted by atomic mass is 19.4. The topological polar surface area (TPSA) is 27.1 Å². The summed E-state index contributed by atoms with van der Waals surface area (Å²) in [6.45, 7) is 1.26. The van der Waals surface area contributed by atoms with Crippen LogP contribution in [0.5, 0.6) is 5.75 Å². The number of nitrogens with zero attached hydrogens (tertiary/aromatic N) is 2. The number of hydrogen-bond acceptors (Lipinski definition) is 2. The van der Waals surface area contributed by atoms with E-state index in [1.807, 2.05) is 29.0 Å². The zero-order chi connectivity index (χ0) is 16.7. The van der Waals surface area contributed by atoms with Gasteiger partial charge in [-0.2, -0.15) is 13.2 Å². The Morgan fingerprint density at radius 1 is 1.00 bits per heavy atom. The number of imidazole rings is 1. The lowest BCUT2D eigenvalue weighted by Gasteiger charge is -2.11. The summed E-state index contributed by atoms with van der Waals surface area (Å²) < 4.78 is 45.8. The highest BCUT2D eigenvalue weighted by Gasteiger charge is 2.30. The molecule has 0 amide bonds. The van der Waals surface area contributed by atoms with Crippen molar-refractivity contribution in [2.45, 2.75) is 12.7 Å². The van der Waals surface area contributed by atoms with E-state index >= 15 is 0 Å². The molecule has 3 aromatic rings. The minimum atomic E-state index is -4.33. The van der Waals surface area contributed by atoms with E-state index in [-0.39, 0.29) is 0 Å². The Morgan fingerprint density at radius 2 is 1.75 bits per heavy atom. The number of hydrogen-bond donors (Lipinski definition) is 0. The van der Waals surface area contributed by atoms with Crippen LogP contribution in [-0.4, -0.2) is 16.2 Å². The fraction of sp³-hybridized carbons (Fsp3) is 0.167. The van der Waals surface area contributed by atoms with Crippen molar-refractivity contribution in [3.05, 3.63) is 60.4 Å². The lowest BCUT2D eigenvalue weighted by Crippen LogP contribution is -2.04. The fourth-order valence-electron chi connectivity index (χ4n) is 2.85. The summed E-state index contributed by atoms with van der Waals surface area (Å²) in [6, 6.07) is 10.7. The van der Waals surface area contributed by atoms with Gasteiger partial charge in [-0.3, -0.25) is 0 Å². The maximum Gasteiger partial charge on any atom is 0.416 e.